The number of pyridine rings is 1. The maximum absolute atomic E-state index is 13.5. The van der Waals surface area contributed by atoms with E-state index in [-0.39, 0.29) is 52.1 Å². The van der Waals surface area contributed by atoms with Gasteiger partial charge in [-0.15, -0.1) is 11.3 Å². The molecule has 204 valence electrons. The van der Waals surface area contributed by atoms with Gasteiger partial charge in [0.25, 0.3) is 5.91 Å². The number of aromatic nitrogens is 1. The molecule has 4 aromatic rings. The molecule has 2 aromatic carbocycles. The van der Waals surface area contributed by atoms with Crippen LogP contribution >= 0.6 is 22.9 Å². The first-order valence-corrected chi connectivity index (χ1v) is 13.3. The van der Waals surface area contributed by atoms with Crippen molar-refractivity contribution in [2.75, 3.05) is 6.61 Å². The van der Waals surface area contributed by atoms with Gasteiger partial charge in [-0.1, -0.05) is 29.8 Å². The number of esters is 1. The number of amides is 1. The molecule has 0 atom stereocenters. The number of halogens is 4. The Labute approximate surface area is 237 Å². The van der Waals surface area contributed by atoms with Crippen molar-refractivity contribution in [1.29, 1.82) is 5.26 Å². The summed E-state index contributed by atoms with van der Waals surface area (Å²) in [6, 6.07) is 14.3. The maximum Gasteiger partial charge on any atom is 0.340 e. The number of ether oxygens (including phenoxy) is 1. The van der Waals surface area contributed by atoms with E-state index < -0.39 is 23.5 Å². The zero-order valence-electron chi connectivity index (χ0n) is 21.1. The highest BCUT2D eigenvalue weighted by molar-refractivity contribution is 7.17. The Morgan fingerprint density at radius 2 is 1.75 bits per heavy atom. The third-order valence-electron chi connectivity index (χ3n) is 5.90. The van der Waals surface area contributed by atoms with E-state index >= 15 is 0 Å². The van der Waals surface area contributed by atoms with Gasteiger partial charge in [0.1, 0.15) is 17.0 Å². The van der Waals surface area contributed by atoms with Gasteiger partial charge in [-0.05, 0) is 67.3 Å². The lowest BCUT2D eigenvalue weighted by Crippen LogP contribution is -2.21. The molecule has 1 N–H and O–H groups in total. The fourth-order valence-corrected chi connectivity index (χ4v) is 5.20. The predicted molar refractivity (Wildman–Crippen MR) is 145 cm³/mol. The summed E-state index contributed by atoms with van der Waals surface area (Å²) < 4.78 is 45.3. The van der Waals surface area contributed by atoms with Crippen LogP contribution in [-0.2, 0) is 24.1 Å². The van der Waals surface area contributed by atoms with Gasteiger partial charge in [0, 0.05) is 17.0 Å². The second-order valence-corrected chi connectivity index (χ2v) is 9.97. The molecule has 0 bridgehead atoms. The van der Waals surface area contributed by atoms with E-state index in [2.05, 4.69) is 10.3 Å². The number of thiophene rings is 1. The minimum absolute atomic E-state index is 0.0462. The number of nitrogens with one attached hydrogen (secondary N) is 1. The topological polar surface area (TPSA) is 92.1 Å². The number of aryl methyl sites for hydroxylation is 2. The molecule has 6 nitrogen and oxygen atoms in total. The van der Waals surface area contributed by atoms with Crippen LogP contribution < -0.4 is 5.32 Å². The summed E-state index contributed by atoms with van der Waals surface area (Å²) >= 11 is 7.40. The lowest BCUT2D eigenvalue weighted by atomic mass is 9.96. The average Bonchev–Trinajstić information content (AvgIpc) is 3.43. The molecule has 0 aliphatic carbocycles. The molecule has 0 saturated carbocycles. The van der Waals surface area contributed by atoms with Crippen LogP contribution in [-0.4, -0.2) is 23.5 Å². The van der Waals surface area contributed by atoms with Crippen molar-refractivity contribution in [2.45, 2.75) is 26.3 Å². The summed E-state index contributed by atoms with van der Waals surface area (Å²) in [6.45, 7) is 1.67. The highest BCUT2D eigenvalue weighted by atomic mass is 35.5. The first-order chi connectivity index (χ1) is 19.2. The molecule has 1 amide bonds. The fraction of sp³-hybridized carbons (Fsp3) is 0.172. The smallest absolute Gasteiger partial charge is 0.340 e. The van der Waals surface area contributed by atoms with Gasteiger partial charge < -0.3 is 10.1 Å². The first kappa shape index (κ1) is 28.8. The highest BCUT2D eigenvalue weighted by Gasteiger charge is 2.27. The highest BCUT2D eigenvalue weighted by Crippen LogP contribution is 2.38. The van der Waals surface area contributed by atoms with Crippen LogP contribution in [0.2, 0.25) is 5.15 Å². The van der Waals surface area contributed by atoms with E-state index in [1.165, 1.54) is 24.3 Å². The lowest BCUT2D eigenvalue weighted by Gasteiger charge is -2.15. The predicted octanol–water partition coefficient (Wildman–Crippen LogP) is 6.64. The molecule has 4 rings (SSSR count). The summed E-state index contributed by atoms with van der Waals surface area (Å²) in [4.78, 5) is 30.9. The summed E-state index contributed by atoms with van der Waals surface area (Å²) in [5.41, 5.74) is 1.66. The number of hydrogen-bond donors (Lipinski definition) is 1. The Kier molecular flexibility index (Phi) is 9.19. The van der Waals surface area contributed by atoms with Gasteiger partial charge >= 0.3 is 5.97 Å². The molecule has 2 heterocycles. The summed E-state index contributed by atoms with van der Waals surface area (Å²) in [6.07, 6.45) is 0.647. The summed E-state index contributed by atoms with van der Waals surface area (Å²) in [7, 11) is 0. The quantitative estimate of drug-likeness (QED) is 0.176. The molecule has 0 unspecified atom stereocenters. The Balaban J connectivity index is 1.68. The van der Waals surface area contributed by atoms with Crippen LogP contribution in [0.4, 0.5) is 13.2 Å². The first-order valence-electron chi connectivity index (χ1n) is 12.1. The van der Waals surface area contributed by atoms with Crippen molar-refractivity contribution in [3.63, 3.8) is 0 Å². The molecule has 2 aromatic heterocycles. The molecule has 0 spiro atoms. The van der Waals surface area contributed by atoms with Crippen molar-refractivity contribution in [3.8, 4) is 16.5 Å². The van der Waals surface area contributed by atoms with Gasteiger partial charge in [-0.3, -0.25) is 4.79 Å². The van der Waals surface area contributed by atoms with Crippen LogP contribution in [0.15, 0.2) is 54.6 Å². The Bertz CT molecular complexity index is 1620. The van der Waals surface area contributed by atoms with Gasteiger partial charge in [0.2, 0.25) is 0 Å². The molecule has 11 heteroatoms. The van der Waals surface area contributed by atoms with Gasteiger partial charge in [0.05, 0.1) is 28.3 Å². The molecule has 40 heavy (non-hydrogen) atoms. The zero-order chi connectivity index (χ0) is 28.8. The van der Waals surface area contributed by atoms with Crippen molar-refractivity contribution in [1.82, 2.24) is 10.3 Å². The lowest BCUT2D eigenvalue weighted by molar-refractivity contribution is 0.0525. The van der Waals surface area contributed by atoms with Gasteiger partial charge in [-0.2, -0.15) is 5.26 Å². The number of rotatable bonds is 9. The minimum Gasteiger partial charge on any atom is -0.462 e. The number of carbonyl (C=O) groups excluding carboxylic acids is 2. The molecule has 0 aliphatic heterocycles. The third kappa shape index (κ3) is 6.50. The fourth-order valence-electron chi connectivity index (χ4n) is 3.98. The second-order valence-electron chi connectivity index (χ2n) is 8.53. The largest absolute Gasteiger partial charge is 0.462 e. The monoisotopic (exact) mass is 583 g/mol. The van der Waals surface area contributed by atoms with Crippen LogP contribution in [0.1, 0.15) is 49.3 Å². The van der Waals surface area contributed by atoms with Crippen LogP contribution in [0.25, 0.3) is 10.4 Å². The molecule has 0 radical (unpaired) electrons. The number of carbonyl (C=O) groups is 2. The number of nitrogens with zero attached hydrogens (tertiary/aromatic N) is 2. The van der Waals surface area contributed by atoms with Crippen LogP contribution in [0.5, 0.6) is 0 Å². The molecule has 0 fully saturated rings. The number of hydrogen-bond acceptors (Lipinski definition) is 6. The van der Waals surface area contributed by atoms with Crippen LogP contribution in [0, 0.1) is 28.8 Å². The summed E-state index contributed by atoms with van der Waals surface area (Å²) in [5, 5.41) is 12.4. The van der Waals surface area contributed by atoms with Crippen LogP contribution in [0.3, 0.4) is 0 Å². The normalized spacial score (nSPS) is 10.7. The minimum atomic E-state index is -1.02. The van der Waals surface area contributed by atoms with E-state index in [0.717, 1.165) is 29.0 Å². The van der Waals surface area contributed by atoms with Gasteiger partial charge in [0.15, 0.2) is 11.6 Å². The number of benzene rings is 2. The van der Waals surface area contributed by atoms with Gasteiger partial charge in [-0.25, -0.2) is 22.9 Å². The number of nitriles is 1. The van der Waals surface area contributed by atoms with Crippen molar-refractivity contribution in [2.24, 2.45) is 0 Å². The van der Waals surface area contributed by atoms with E-state index in [4.69, 9.17) is 16.3 Å². The Morgan fingerprint density at radius 3 is 2.42 bits per heavy atom. The Hall–Kier alpha value is -4.20. The third-order valence-corrected chi connectivity index (χ3v) is 7.27. The standard InChI is InChI=1S/C29H21ClF3N3O3S/c1-2-39-29(38)26-22(10-6-16-3-7-18(31)8-4-16)36-27(30)19(14-34)25(26)23-11-12-24(40-23)28(37)35-15-17-5-9-20(32)21(33)13-17/h3-5,7-9,11-13H,2,6,10,15H2,1H3,(H,35,37). The maximum atomic E-state index is 13.5. The molecule has 0 saturated heterocycles. The van der Waals surface area contributed by atoms with Crippen molar-refractivity contribution in [3.05, 3.63) is 110 Å². The molecular weight excluding hydrogens is 563 g/mol. The van der Waals surface area contributed by atoms with E-state index in [1.54, 1.807) is 25.1 Å². The van der Waals surface area contributed by atoms with E-state index in [1.807, 2.05) is 6.07 Å². The van der Waals surface area contributed by atoms with E-state index in [9.17, 15) is 28.0 Å². The average molecular weight is 584 g/mol. The molecular formula is C29H21ClF3N3O3S. The zero-order valence-corrected chi connectivity index (χ0v) is 22.6. The second kappa shape index (κ2) is 12.8. The van der Waals surface area contributed by atoms with Crippen molar-refractivity contribution < 1.29 is 27.5 Å². The SMILES string of the molecule is CCOC(=O)c1c(CCc2ccc(F)cc2)nc(Cl)c(C#N)c1-c1ccc(C(=O)NCc2ccc(F)c(F)c2)s1. The summed E-state index contributed by atoms with van der Waals surface area (Å²) in [5.74, 6) is -3.58. The van der Waals surface area contributed by atoms with E-state index in [0.29, 0.717) is 22.6 Å². The Morgan fingerprint density at radius 1 is 1.02 bits per heavy atom. The molecule has 0 aliphatic rings. The van der Waals surface area contributed by atoms with Crippen molar-refractivity contribution >= 4 is 34.8 Å².